The van der Waals surface area contributed by atoms with Gasteiger partial charge in [0.15, 0.2) is 0 Å². The number of hydrogen-bond donors (Lipinski definition) is 3. The number of carbonyl (C=O) groups excluding carboxylic acids is 1. The summed E-state index contributed by atoms with van der Waals surface area (Å²) in [6, 6.07) is 1.29. The molecule has 1 heterocycles. The minimum Gasteiger partial charge on any atom is -0.351 e. The van der Waals surface area contributed by atoms with E-state index in [4.69, 9.17) is 0 Å². The lowest BCUT2D eigenvalue weighted by Gasteiger charge is -2.36. The Bertz CT molecular complexity index is 331. The summed E-state index contributed by atoms with van der Waals surface area (Å²) in [5, 5.41) is 10.4. The van der Waals surface area contributed by atoms with Gasteiger partial charge in [-0.05, 0) is 58.9 Å². The molecule has 1 aliphatic heterocycles. The van der Waals surface area contributed by atoms with Crippen molar-refractivity contribution < 1.29 is 4.79 Å². The topological polar surface area (TPSA) is 53.2 Å². The lowest BCUT2D eigenvalue weighted by atomic mass is 9.79. The molecule has 0 bridgehead atoms. The highest BCUT2D eigenvalue weighted by Gasteiger charge is 2.32. The van der Waals surface area contributed by atoms with Crippen LogP contribution in [0.15, 0.2) is 0 Å². The average molecular weight is 295 g/mol. The van der Waals surface area contributed by atoms with Gasteiger partial charge in [0.25, 0.3) is 0 Å². The Hall–Kier alpha value is -0.610. The molecule has 3 N–H and O–H groups in total. The predicted octanol–water partition coefficient (Wildman–Crippen LogP) is 2.19. The molecule has 2 fully saturated rings. The zero-order chi connectivity index (χ0) is 15.3. The highest BCUT2D eigenvalue weighted by atomic mass is 16.1. The van der Waals surface area contributed by atoms with Crippen LogP contribution in [0.2, 0.25) is 0 Å². The summed E-state index contributed by atoms with van der Waals surface area (Å²) < 4.78 is 0. The molecular formula is C17H33N3O. The normalized spacial score (nSPS) is 30.3. The van der Waals surface area contributed by atoms with Crippen molar-refractivity contribution in [2.24, 2.45) is 5.92 Å². The molecule has 0 aromatic heterocycles. The second-order valence-corrected chi connectivity index (χ2v) is 7.76. The Balaban J connectivity index is 1.73. The molecule has 0 aromatic rings. The molecule has 1 saturated heterocycles. The molecule has 3 atom stereocenters. The number of carbonyl (C=O) groups is 1. The van der Waals surface area contributed by atoms with Crippen LogP contribution in [-0.4, -0.2) is 36.6 Å². The van der Waals surface area contributed by atoms with Gasteiger partial charge in [0.2, 0.25) is 5.91 Å². The van der Waals surface area contributed by atoms with Gasteiger partial charge < -0.3 is 16.0 Å². The SMILES string of the molecule is CC(C)(C)NC(=O)CCNC1CCCCC1C1CCCN1. The Morgan fingerprint density at radius 1 is 1.14 bits per heavy atom. The van der Waals surface area contributed by atoms with E-state index in [2.05, 4.69) is 16.0 Å². The van der Waals surface area contributed by atoms with Crippen molar-refractivity contribution in [2.75, 3.05) is 13.1 Å². The fourth-order valence-electron chi connectivity index (χ4n) is 3.82. The number of hydrogen-bond acceptors (Lipinski definition) is 3. The minimum atomic E-state index is -0.127. The van der Waals surface area contributed by atoms with Crippen LogP contribution in [0, 0.1) is 5.92 Å². The first-order valence-electron chi connectivity index (χ1n) is 8.73. The first-order chi connectivity index (χ1) is 9.96. The van der Waals surface area contributed by atoms with Gasteiger partial charge in [0, 0.05) is 30.6 Å². The molecule has 1 amide bonds. The number of amides is 1. The van der Waals surface area contributed by atoms with Crippen LogP contribution < -0.4 is 16.0 Å². The summed E-state index contributed by atoms with van der Waals surface area (Å²) >= 11 is 0. The largest absolute Gasteiger partial charge is 0.351 e. The van der Waals surface area contributed by atoms with Gasteiger partial charge in [-0.15, -0.1) is 0 Å². The molecule has 4 nitrogen and oxygen atoms in total. The van der Waals surface area contributed by atoms with Crippen LogP contribution in [0.4, 0.5) is 0 Å². The third-order valence-electron chi connectivity index (χ3n) is 4.71. The van der Waals surface area contributed by atoms with Gasteiger partial charge in [0.05, 0.1) is 0 Å². The maximum atomic E-state index is 11.9. The molecule has 2 rings (SSSR count). The summed E-state index contributed by atoms with van der Waals surface area (Å²) in [7, 11) is 0. The minimum absolute atomic E-state index is 0.127. The van der Waals surface area contributed by atoms with Crippen molar-refractivity contribution in [1.82, 2.24) is 16.0 Å². The van der Waals surface area contributed by atoms with Crippen molar-refractivity contribution in [3.8, 4) is 0 Å². The van der Waals surface area contributed by atoms with E-state index in [-0.39, 0.29) is 11.4 Å². The monoisotopic (exact) mass is 295 g/mol. The molecule has 0 spiro atoms. The van der Waals surface area contributed by atoms with Gasteiger partial charge in [-0.25, -0.2) is 0 Å². The average Bonchev–Trinajstić information content (AvgIpc) is 2.91. The van der Waals surface area contributed by atoms with Gasteiger partial charge in [-0.2, -0.15) is 0 Å². The molecule has 1 aliphatic carbocycles. The van der Waals surface area contributed by atoms with Crippen LogP contribution in [0.25, 0.3) is 0 Å². The Morgan fingerprint density at radius 2 is 1.90 bits per heavy atom. The molecule has 21 heavy (non-hydrogen) atoms. The van der Waals surface area contributed by atoms with E-state index in [0.29, 0.717) is 18.5 Å². The molecule has 0 aromatic carbocycles. The van der Waals surface area contributed by atoms with Crippen LogP contribution in [0.3, 0.4) is 0 Å². The first kappa shape index (κ1) is 16.8. The highest BCUT2D eigenvalue weighted by Crippen LogP contribution is 2.30. The number of rotatable bonds is 5. The van der Waals surface area contributed by atoms with E-state index < -0.39 is 0 Å². The van der Waals surface area contributed by atoms with Gasteiger partial charge in [-0.3, -0.25) is 4.79 Å². The molecule has 2 aliphatic rings. The zero-order valence-corrected chi connectivity index (χ0v) is 14.0. The Labute approximate surface area is 129 Å². The lowest BCUT2D eigenvalue weighted by molar-refractivity contribution is -0.122. The Kier molecular flexibility index (Phi) is 6.06. The Morgan fingerprint density at radius 3 is 2.57 bits per heavy atom. The van der Waals surface area contributed by atoms with Gasteiger partial charge in [-0.1, -0.05) is 12.8 Å². The molecule has 4 heteroatoms. The standard InChI is InChI=1S/C17H33N3O/c1-17(2,3)20-16(21)10-12-19-14-8-5-4-7-13(14)15-9-6-11-18-15/h13-15,18-19H,4-12H2,1-3H3,(H,20,21). The summed E-state index contributed by atoms with van der Waals surface area (Å²) in [5.41, 5.74) is -0.127. The van der Waals surface area contributed by atoms with E-state index in [1.165, 1.54) is 45.1 Å². The van der Waals surface area contributed by atoms with E-state index in [1.807, 2.05) is 20.8 Å². The van der Waals surface area contributed by atoms with Crippen molar-refractivity contribution in [2.45, 2.75) is 83.3 Å². The van der Waals surface area contributed by atoms with Crippen LogP contribution >= 0.6 is 0 Å². The summed E-state index contributed by atoms with van der Waals surface area (Å²) in [5.74, 6) is 0.910. The predicted molar refractivity (Wildman–Crippen MR) is 87.3 cm³/mol. The second kappa shape index (κ2) is 7.59. The lowest BCUT2D eigenvalue weighted by Crippen LogP contribution is -2.48. The summed E-state index contributed by atoms with van der Waals surface area (Å²) in [6.45, 7) is 8.07. The van der Waals surface area contributed by atoms with E-state index in [9.17, 15) is 4.79 Å². The summed E-state index contributed by atoms with van der Waals surface area (Å²) in [6.07, 6.45) is 8.53. The third kappa shape index (κ3) is 5.59. The molecule has 1 saturated carbocycles. The first-order valence-corrected chi connectivity index (χ1v) is 8.73. The quantitative estimate of drug-likeness (QED) is 0.729. The van der Waals surface area contributed by atoms with E-state index in [0.717, 1.165) is 12.5 Å². The molecule has 122 valence electrons. The van der Waals surface area contributed by atoms with Crippen LogP contribution in [0.1, 0.15) is 65.7 Å². The molecular weight excluding hydrogens is 262 g/mol. The van der Waals surface area contributed by atoms with E-state index in [1.54, 1.807) is 0 Å². The van der Waals surface area contributed by atoms with Crippen molar-refractivity contribution >= 4 is 5.91 Å². The summed E-state index contributed by atoms with van der Waals surface area (Å²) in [4.78, 5) is 11.9. The van der Waals surface area contributed by atoms with Crippen molar-refractivity contribution in [1.29, 1.82) is 0 Å². The fraction of sp³-hybridized carbons (Fsp3) is 0.941. The maximum Gasteiger partial charge on any atom is 0.221 e. The van der Waals surface area contributed by atoms with Crippen molar-refractivity contribution in [3.05, 3.63) is 0 Å². The van der Waals surface area contributed by atoms with Gasteiger partial charge in [0.1, 0.15) is 0 Å². The fourth-order valence-corrected chi connectivity index (χ4v) is 3.82. The second-order valence-electron chi connectivity index (χ2n) is 7.76. The highest BCUT2D eigenvalue weighted by molar-refractivity contribution is 5.76. The molecule has 0 radical (unpaired) electrons. The molecule has 3 unspecified atom stereocenters. The van der Waals surface area contributed by atoms with E-state index >= 15 is 0 Å². The number of nitrogens with one attached hydrogen (secondary N) is 3. The van der Waals surface area contributed by atoms with Crippen molar-refractivity contribution in [3.63, 3.8) is 0 Å². The maximum absolute atomic E-state index is 11.9. The van der Waals surface area contributed by atoms with Crippen LogP contribution in [0.5, 0.6) is 0 Å². The zero-order valence-electron chi connectivity index (χ0n) is 14.0. The van der Waals surface area contributed by atoms with Crippen LogP contribution in [-0.2, 0) is 4.79 Å². The third-order valence-corrected chi connectivity index (χ3v) is 4.71. The smallest absolute Gasteiger partial charge is 0.221 e. The van der Waals surface area contributed by atoms with Gasteiger partial charge >= 0.3 is 0 Å².